The Hall–Kier alpha value is -1.58. The first-order valence-corrected chi connectivity index (χ1v) is 5.76. The monoisotopic (exact) mass is 263 g/mol. The highest BCUT2D eigenvalue weighted by Crippen LogP contribution is 2.29. The summed E-state index contributed by atoms with van der Waals surface area (Å²) in [4.78, 5) is 11.7. The van der Waals surface area contributed by atoms with Gasteiger partial charge in [-0.3, -0.25) is 0 Å². The highest BCUT2D eigenvalue weighted by Gasteiger charge is 2.09. The second-order valence-corrected chi connectivity index (χ2v) is 4.43. The molecule has 0 atom stereocenters. The van der Waals surface area contributed by atoms with E-state index in [0.29, 0.717) is 21.5 Å². The second-order valence-electron chi connectivity index (χ2n) is 3.58. The van der Waals surface area contributed by atoms with E-state index in [4.69, 9.17) is 23.2 Å². The van der Waals surface area contributed by atoms with Crippen LogP contribution in [-0.4, -0.2) is 15.0 Å². The van der Waals surface area contributed by atoms with Crippen molar-refractivity contribution in [3.05, 3.63) is 46.6 Å². The summed E-state index contributed by atoms with van der Waals surface area (Å²) in [5, 5.41) is 1.17. The lowest BCUT2D eigenvalue weighted by atomic mass is 10.2. The van der Waals surface area contributed by atoms with E-state index in [0.717, 1.165) is 11.1 Å². The molecule has 0 aliphatic rings. The van der Waals surface area contributed by atoms with E-state index in [9.17, 15) is 0 Å². The van der Waals surface area contributed by atoms with Crippen LogP contribution in [0.5, 0.6) is 0 Å². The average molecular weight is 264 g/mol. The molecular formula is C12H7Cl2N3. The molecule has 3 aromatic rings. The number of nitrogens with zero attached hydrogens (tertiary/aromatic N) is 2. The van der Waals surface area contributed by atoms with Gasteiger partial charge in [-0.25, -0.2) is 9.97 Å². The first-order chi connectivity index (χ1) is 8.24. The standard InChI is InChI=1S/C12H7Cl2N3/c13-7-3-4-8(9(14)6-7)11-16-10-2-1-5-15-12(10)17-11/h1-6H,(H,15,16,17). The molecule has 3 rings (SSSR count). The second kappa shape index (κ2) is 4.02. The van der Waals surface area contributed by atoms with E-state index in [1.807, 2.05) is 18.2 Å². The summed E-state index contributed by atoms with van der Waals surface area (Å²) >= 11 is 12.0. The zero-order valence-electron chi connectivity index (χ0n) is 8.61. The Labute approximate surface area is 107 Å². The molecule has 0 amide bonds. The summed E-state index contributed by atoms with van der Waals surface area (Å²) in [5.41, 5.74) is 2.37. The number of fused-ring (bicyclic) bond motifs is 1. The number of imidazole rings is 1. The van der Waals surface area contributed by atoms with Crippen LogP contribution in [0.3, 0.4) is 0 Å². The maximum atomic E-state index is 6.13. The van der Waals surface area contributed by atoms with Crippen molar-refractivity contribution in [3.8, 4) is 11.4 Å². The van der Waals surface area contributed by atoms with Crippen LogP contribution in [0.4, 0.5) is 0 Å². The van der Waals surface area contributed by atoms with Gasteiger partial charge >= 0.3 is 0 Å². The first kappa shape index (κ1) is 10.6. The number of aromatic amines is 1. The van der Waals surface area contributed by atoms with Crippen molar-refractivity contribution in [2.45, 2.75) is 0 Å². The molecule has 0 fully saturated rings. The summed E-state index contributed by atoms with van der Waals surface area (Å²) in [6.45, 7) is 0. The van der Waals surface area contributed by atoms with Crippen LogP contribution in [-0.2, 0) is 0 Å². The van der Waals surface area contributed by atoms with Crippen LogP contribution >= 0.6 is 23.2 Å². The quantitative estimate of drug-likeness (QED) is 0.723. The van der Waals surface area contributed by atoms with Gasteiger partial charge in [-0.1, -0.05) is 23.2 Å². The Morgan fingerprint density at radius 3 is 2.76 bits per heavy atom. The van der Waals surface area contributed by atoms with Crippen LogP contribution in [0.1, 0.15) is 0 Å². The van der Waals surface area contributed by atoms with Gasteiger partial charge in [0.1, 0.15) is 5.82 Å². The Balaban J connectivity index is 2.20. The van der Waals surface area contributed by atoms with Crippen molar-refractivity contribution in [1.29, 1.82) is 0 Å². The van der Waals surface area contributed by atoms with Crippen molar-refractivity contribution in [3.63, 3.8) is 0 Å². The maximum absolute atomic E-state index is 6.13. The fourth-order valence-electron chi connectivity index (χ4n) is 1.65. The van der Waals surface area contributed by atoms with E-state index in [2.05, 4.69) is 15.0 Å². The average Bonchev–Trinajstić information content (AvgIpc) is 2.72. The first-order valence-electron chi connectivity index (χ1n) is 5.00. The smallest absolute Gasteiger partial charge is 0.178 e. The van der Waals surface area contributed by atoms with Gasteiger partial charge < -0.3 is 4.98 Å². The molecule has 0 bridgehead atoms. The van der Waals surface area contributed by atoms with E-state index in [1.165, 1.54) is 0 Å². The summed E-state index contributed by atoms with van der Waals surface area (Å²) in [6, 6.07) is 9.08. The molecule has 3 nitrogen and oxygen atoms in total. The SMILES string of the molecule is Clc1ccc(-c2nc3ncccc3[nH]2)c(Cl)c1. The molecule has 84 valence electrons. The van der Waals surface area contributed by atoms with Gasteiger partial charge in [0.25, 0.3) is 0 Å². The Morgan fingerprint density at radius 1 is 1.12 bits per heavy atom. The fraction of sp³-hybridized carbons (Fsp3) is 0. The minimum absolute atomic E-state index is 0.566. The minimum atomic E-state index is 0.566. The van der Waals surface area contributed by atoms with Crippen LogP contribution in [0.15, 0.2) is 36.5 Å². The van der Waals surface area contributed by atoms with Crippen molar-refractivity contribution in [2.75, 3.05) is 0 Å². The van der Waals surface area contributed by atoms with E-state index in [1.54, 1.807) is 18.3 Å². The maximum Gasteiger partial charge on any atom is 0.178 e. The molecule has 0 saturated heterocycles. The Kier molecular flexibility index (Phi) is 2.50. The van der Waals surface area contributed by atoms with Crippen molar-refractivity contribution in [2.24, 2.45) is 0 Å². The fourth-order valence-corrected chi connectivity index (χ4v) is 2.15. The van der Waals surface area contributed by atoms with Crippen LogP contribution in [0.2, 0.25) is 10.0 Å². The van der Waals surface area contributed by atoms with E-state index < -0.39 is 0 Å². The molecule has 0 aliphatic heterocycles. The van der Waals surface area contributed by atoms with Gasteiger partial charge in [-0.2, -0.15) is 0 Å². The molecule has 1 aromatic carbocycles. The lowest BCUT2D eigenvalue weighted by Gasteiger charge is -2.00. The summed E-state index contributed by atoms with van der Waals surface area (Å²) in [5.74, 6) is 0.695. The highest BCUT2D eigenvalue weighted by molar-refractivity contribution is 6.36. The zero-order chi connectivity index (χ0) is 11.8. The van der Waals surface area contributed by atoms with Crippen LogP contribution in [0.25, 0.3) is 22.6 Å². The summed E-state index contributed by atoms with van der Waals surface area (Å²) in [7, 11) is 0. The summed E-state index contributed by atoms with van der Waals surface area (Å²) < 4.78 is 0. The molecule has 5 heteroatoms. The van der Waals surface area contributed by atoms with Crippen molar-refractivity contribution in [1.82, 2.24) is 15.0 Å². The van der Waals surface area contributed by atoms with Crippen molar-refractivity contribution < 1.29 is 0 Å². The third kappa shape index (κ3) is 1.88. The molecular weight excluding hydrogens is 257 g/mol. The number of H-pyrrole nitrogens is 1. The van der Waals surface area contributed by atoms with Gasteiger partial charge in [-0.05, 0) is 30.3 Å². The number of hydrogen-bond acceptors (Lipinski definition) is 2. The van der Waals surface area contributed by atoms with Gasteiger partial charge in [0, 0.05) is 16.8 Å². The lowest BCUT2D eigenvalue weighted by Crippen LogP contribution is -1.82. The molecule has 1 N–H and O–H groups in total. The number of aromatic nitrogens is 3. The molecule has 0 saturated carbocycles. The Bertz CT molecular complexity index is 658. The summed E-state index contributed by atoms with van der Waals surface area (Å²) in [6.07, 6.45) is 1.70. The number of pyridine rings is 1. The van der Waals surface area contributed by atoms with Crippen LogP contribution < -0.4 is 0 Å². The topological polar surface area (TPSA) is 41.6 Å². The highest BCUT2D eigenvalue weighted by atomic mass is 35.5. The molecule has 2 heterocycles. The normalized spacial score (nSPS) is 10.9. The van der Waals surface area contributed by atoms with Gasteiger partial charge in [0.05, 0.1) is 10.5 Å². The van der Waals surface area contributed by atoms with Crippen LogP contribution in [0, 0.1) is 0 Å². The zero-order valence-corrected chi connectivity index (χ0v) is 10.1. The molecule has 0 spiro atoms. The number of nitrogens with one attached hydrogen (secondary N) is 1. The predicted octanol–water partition coefficient (Wildman–Crippen LogP) is 3.93. The minimum Gasteiger partial charge on any atom is -0.337 e. The number of halogens is 2. The van der Waals surface area contributed by atoms with Gasteiger partial charge in [0.15, 0.2) is 5.65 Å². The number of hydrogen-bond donors (Lipinski definition) is 1. The van der Waals surface area contributed by atoms with Crippen molar-refractivity contribution >= 4 is 34.4 Å². The molecule has 0 aliphatic carbocycles. The third-order valence-electron chi connectivity index (χ3n) is 2.44. The molecule has 2 aromatic heterocycles. The van der Waals surface area contributed by atoms with E-state index >= 15 is 0 Å². The van der Waals surface area contributed by atoms with Gasteiger partial charge in [-0.15, -0.1) is 0 Å². The largest absolute Gasteiger partial charge is 0.337 e. The molecule has 0 unspecified atom stereocenters. The van der Waals surface area contributed by atoms with E-state index in [-0.39, 0.29) is 0 Å². The molecule has 17 heavy (non-hydrogen) atoms. The number of rotatable bonds is 1. The predicted molar refractivity (Wildman–Crippen MR) is 69.3 cm³/mol. The van der Waals surface area contributed by atoms with Gasteiger partial charge in [0.2, 0.25) is 0 Å². The third-order valence-corrected chi connectivity index (χ3v) is 2.99. The lowest BCUT2D eigenvalue weighted by molar-refractivity contribution is 1.30. The molecule has 0 radical (unpaired) electrons. The number of benzene rings is 1. The Morgan fingerprint density at radius 2 is 2.00 bits per heavy atom.